The van der Waals surface area contributed by atoms with E-state index in [4.69, 9.17) is 0 Å². The highest BCUT2D eigenvalue weighted by molar-refractivity contribution is 14.1. The summed E-state index contributed by atoms with van der Waals surface area (Å²) in [5.74, 6) is 0.299. The van der Waals surface area contributed by atoms with Crippen LogP contribution in [0.4, 0.5) is 0 Å². The molecule has 2 heteroatoms. The molecular weight excluding hydrogens is 215 g/mol. The summed E-state index contributed by atoms with van der Waals surface area (Å²) < 4.78 is 0.248. The second-order valence-electron chi connectivity index (χ2n) is 1.87. The number of hydrogen-bond acceptors (Lipinski definition) is 1. The SMILES string of the molecule is CCCC(I)C(C)=O. The van der Waals surface area contributed by atoms with Crippen LogP contribution in [-0.2, 0) is 4.79 Å². The van der Waals surface area contributed by atoms with Crippen LogP contribution < -0.4 is 0 Å². The van der Waals surface area contributed by atoms with E-state index < -0.39 is 0 Å². The minimum absolute atomic E-state index is 0.248. The average molecular weight is 226 g/mol. The summed E-state index contributed by atoms with van der Waals surface area (Å²) in [5, 5.41) is 0. The number of halogens is 1. The molecule has 0 saturated carbocycles. The van der Waals surface area contributed by atoms with Gasteiger partial charge in [-0.25, -0.2) is 0 Å². The van der Waals surface area contributed by atoms with Gasteiger partial charge in [-0.1, -0.05) is 35.9 Å². The number of carbonyl (C=O) groups is 1. The lowest BCUT2D eigenvalue weighted by Gasteiger charge is -1.99. The molecule has 1 atom stereocenters. The van der Waals surface area contributed by atoms with Gasteiger partial charge in [0.15, 0.2) is 0 Å². The third kappa shape index (κ3) is 3.41. The first-order chi connectivity index (χ1) is 3.68. The Bertz CT molecular complexity index is 80.6. The topological polar surface area (TPSA) is 17.1 Å². The van der Waals surface area contributed by atoms with E-state index in [9.17, 15) is 4.79 Å². The lowest BCUT2D eigenvalue weighted by atomic mass is 10.2. The first kappa shape index (κ1) is 8.40. The molecule has 0 aliphatic heterocycles. The van der Waals surface area contributed by atoms with Crippen molar-refractivity contribution in [2.75, 3.05) is 0 Å². The van der Waals surface area contributed by atoms with Crippen LogP contribution in [0.25, 0.3) is 0 Å². The minimum Gasteiger partial charge on any atom is -0.299 e. The maximum atomic E-state index is 10.5. The number of hydrogen-bond donors (Lipinski definition) is 0. The van der Waals surface area contributed by atoms with E-state index in [2.05, 4.69) is 29.5 Å². The zero-order valence-electron chi connectivity index (χ0n) is 5.28. The molecule has 0 aliphatic rings. The van der Waals surface area contributed by atoms with Crippen molar-refractivity contribution in [3.05, 3.63) is 0 Å². The second-order valence-corrected chi connectivity index (χ2v) is 3.37. The quantitative estimate of drug-likeness (QED) is 0.532. The van der Waals surface area contributed by atoms with E-state index in [1.54, 1.807) is 6.92 Å². The van der Waals surface area contributed by atoms with Crippen LogP contribution in [0.2, 0.25) is 0 Å². The van der Waals surface area contributed by atoms with E-state index in [0.717, 1.165) is 12.8 Å². The van der Waals surface area contributed by atoms with Crippen molar-refractivity contribution in [3.8, 4) is 0 Å². The summed E-state index contributed by atoms with van der Waals surface area (Å²) in [5.41, 5.74) is 0. The van der Waals surface area contributed by atoms with Crippen molar-refractivity contribution < 1.29 is 4.79 Å². The summed E-state index contributed by atoms with van der Waals surface area (Å²) in [6.07, 6.45) is 2.13. The standard InChI is InChI=1S/C6H11IO/c1-3-4-6(7)5(2)8/h6H,3-4H2,1-2H3. The number of ketones is 1. The van der Waals surface area contributed by atoms with Gasteiger partial charge in [-0.15, -0.1) is 0 Å². The van der Waals surface area contributed by atoms with E-state index in [-0.39, 0.29) is 3.92 Å². The van der Waals surface area contributed by atoms with E-state index in [1.807, 2.05) is 0 Å². The molecule has 1 nitrogen and oxygen atoms in total. The highest BCUT2D eigenvalue weighted by Crippen LogP contribution is 2.08. The van der Waals surface area contributed by atoms with Gasteiger partial charge >= 0.3 is 0 Å². The molecule has 0 heterocycles. The Labute approximate surface area is 64.0 Å². The molecule has 0 N–H and O–H groups in total. The van der Waals surface area contributed by atoms with Crippen molar-refractivity contribution in [1.82, 2.24) is 0 Å². The van der Waals surface area contributed by atoms with Crippen LogP contribution >= 0.6 is 22.6 Å². The molecule has 0 aromatic rings. The number of Topliss-reactive ketones (excluding diaryl/α,β-unsaturated/α-hetero) is 1. The summed E-state index contributed by atoms with van der Waals surface area (Å²) in [4.78, 5) is 10.5. The number of rotatable bonds is 3. The molecule has 0 bridgehead atoms. The first-order valence-electron chi connectivity index (χ1n) is 2.83. The Balaban J connectivity index is 3.32. The average Bonchev–Trinajstić information content (AvgIpc) is 1.67. The van der Waals surface area contributed by atoms with Crippen LogP contribution in [-0.4, -0.2) is 9.71 Å². The van der Waals surface area contributed by atoms with Crippen molar-refractivity contribution in [3.63, 3.8) is 0 Å². The lowest BCUT2D eigenvalue weighted by Crippen LogP contribution is -2.07. The van der Waals surface area contributed by atoms with Gasteiger partial charge in [0.2, 0.25) is 0 Å². The van der Waals surface area contributed by atoms with Gasteiger partial charge in [0.05, 0.1) is 3.92 Å². The van der Waals surface area contributed by atoms with Crippen molar-refractivity contribution in [2.24, 2.45) is 0 Å². The predicted octanol–water partition coefficient (Wildman–Crippen LogP) is 2.18. The van der Waals surface area contributed by atoms with E-state index in [1.165, 1.54) is 0 Å². The fraction of sp³-hybridized carbons (Fsp3) is 0.833. The van der Waals surface area contributed by atoms with E-state index in [0.29, 0.717) is 5.78 Å². The highest BCUT2D eigenvalue weighted by atomic mass is 127. The molecule has 0 spiro atoms. The first-order valence-corrected chi connectivity index (χ1v) is 4.07. The zero-order chi connectivity index (χ0) is 6.57. The van der Waals surface area contributed by atoms with Crippen LogP contribution in [0, 0.1) is 0 Å². The van der Waals surface area contributed by atoms with Gasteiger partial charge in [0.1, 0.15) is 5.78 Å². The molecule has 0 aromatic carbocycles. The molecule has 0 saturated heterocycles. The molecule has 0 aliphatic carbocycles. The van der Waals surface area contributed by atoms with Crippen molar-refractivity contribution >= 4 is 28.4 Å². The Morgan fingerprint density at radius 2 is 2.25 bits per heavy atom. The molecule has 8 heavy (non-hydrogen) atoms. The smallest absolute Gasteiger partial charge is 0.142 e. The molecule has 0 aromatic heterocycles. The van der Waals surface area contributed by atoms with Gasteiger partial charge in [-0.3, -0.25) is 4.79 Å². The van der Waals surface area contributed by atoms with Gasteiger partial charge in [-0.05, 0) is 13.3 Å². The molecule has 0 radical (unpaired) electrons. The fourth-order valence-corrected chi connectivity index (χ4v) is 1.08. The molecule has 0 amide bonds. The largest absolute Gasteiger partial charge is 0.299 e. The highest BCUT2D eigenvalue weighted by Gasteiger charge is 2.05. The normalized spacial score (nSPS) is 13.4. The summed E-state index contributed by atoms with van der Waals surface area (Å²) in [7, 11) is 0. The van der Waals surface area contributed by atoms with Crippen LogP contribution in [0.15, 0.2) is 0 Å². The van der Waals surface area contributed by atoms with E-state index >= 15 is 0 Å². The Hall–Kier alpha value is 0.400. The van der Waals surface area contributed by atoms with Gasteiger partial charge in [-0.2, -0.15) is 0 Å². The van der Waals surface area contributed by atoms with Crippen molar-refractivity contribution in [2.45, 2.75) is 30.6 Å². The molecule has 1 unspecified atom stereocenters. The second kappa shape index (κ2) is 4.30. The van der Waals surface area contributed by atoms with Crippen LogP contribution in [0.5, 0.6) is 0 Å². The fourth-order valence-electron chi connectivity index (χ4n) is 0.457. The third-order valence-electron chi connectivity index (χ3n) is 0.983. The monoisotopic (exact) mass is 226 g/mol. The molecule has 0 rings (SSSR count). The maximum Gasteiger partial charge on any atom is 0.142 e. The number of carbonyl (C=O) groups excluding carboxylic acids is 1. The van der Waals surface area contributed by atoms with Gasteiger partial charge in [0, 0.05) is 0 Å². The van der Waals surface area contributed by atoms with Gasteiger partial charge in [0.25, 0.3) is 0 Å². The van der Waals surface area contributed by atoms with Crippen LogP contribution in [0.3, 0.4) is 0 Å². The molecule has 0 fully saturated rings. The van der Waals surface area contributed by atoms with Crippen LogP contribution in [0.1, 0.15) is 26.7 Å². The Kier molecular flexibility index (Phi) is 4.51. The Morgan fingerprint density at radius 1 is 1.75 bits per heavy atom. The van der Waals surface area contributed by atoms with Crippen molar-refractivity contribution in [1.29, 1.82) is 0 Å². The molecule has 48 valence electrons. The third-order valence-corrected chi connectivity index (χ3v) is 2.48. The summed E-state index contributed by atoms with van der Waals surface area (Å²) in [6.45, 7) is 3.74. The summed E-state index contributed by atoms with van der Waals surface area (Å²) >= 11 is 2.18. The summed E-state index contributed by atoms with van der Waals surface area (Å²) in [6, 6.07) is 0. The maximum absolute atomic E-state index is 10.5. The lowest BCUT2D eigenvalue weighted by molar-refractivity contribution is -0.116. The predicted molar refractivity (Wildman–Crippen MR) is 43.4 cm³/mol. The van der Waals surface area contributed by atoms with Gasteiger partial charge < -0.3 is 0 Å². The zero-order valence-corrected chi connectivity index (χ0v) is 7.44. The molecular formula is C6H11IO. The Morgan fingerprint density at radius 3 is 2.38 bits per heavy atom. The minimum atomic E-state index is 0.248. The number of alkyl halides is 1.